The fourth-order valence-electron chi connectivity index (χ4n) is 0.908. The first-order valence-electron chi connectivity index (χ1n) is 3.82. The van der Waals surface area contributed by atoms with E-state index in [-0.39, 0.29) is 18.1 Å². The van der Waals surface area contributed by atoms with Crippen LogP contribution in [0.15, 0.2) is 0 Å². The minimum absolute atomic E-state index is 0.0830. The number of hydrogen-bond acceptors (Lipinski definition) is 3. The van der Waals surface area contributed by atoms with Gasteiger partial charge in [-0.25, -0.2) is 8.42 Å². The van der Waals surface area contributed by atoms with Crippen LogP contribution in [0.3, 0.4) is 0 Å². The van der Waals surface area contributed by atoms with E-state index in [1.165, 1.54) is 0 Å². The monoisotopic (exact) mass is 176 g/mol. The molecule has 4 heteroatoms. The van der Waals surface area contributed by atoms with Crippen LogP contribution in [0.5, 0.6) is 0 Å². The Labute approximate surface area is 66.7 Å². The highest BCUT2D eigenvalue weighted by Crippen LogP contribution is 2.30. The van der Waals surface area contributed by atoms with Gasteiger partial charge in [-0.2, -0.15) is 0 Å². The summed E-state index contributed by atoms with van der Waals surface area (Å²) in [7, 11) is -3.39. The number of carbonyl (C=O) groups excluding carboxylic acids is 1. The van der Waals surface area contributed by atoms with Crippen LogP contribution in [0, 0.1) is 5.92 Å². The summed E-state index contributed by atoms with van der Waals surface area (Å²) >= 11 is 0. The molecule has 0 heterocycles. The summed E-state index contributed by atoms with van der Waals surface area (Å²) < 4.78 is 22.1. The normalized spacial score (nSPS) is 18.3. The molecule has 0 aliphatic heterocycles. The molecule has 1 rings (SSSR count). The van der Waals surface area contributed by atoms with Gasteiger partial charge in [-0.3, -0.25) is 4.79 Å². The zero-order chi connectivity index (χ0) is 8.48. The van der Waals surface area contributed by atoms with Crippen molar-refractivity contribution in [1.82, 2.24) is 0 Å². The van der Waals surface area contributed by atoms with Gasteiger partial charge in [0, 0.05) is 6.42 Å². The topological polar surface area (TPSA) is 51.2 Å². The molecule has 0 unspecified atom stereocenters. The Balaban J connectivity index is 2.57. The van der Waals surface area contributed by atoms with E-state index < -0.39 is 15.0 Å². The Morgan fingerprint density at radius 1 is 1.45 bits per heavy atom. The highest BCUT2D eigenvalue weighted by molar-refractivity contribution is 8.06. The van der Waals surface area contributed by atoms with Crippen molar-refractivity contribution >= 4 is 15.0 Å². The molecule has 0 radical (unpaired) electrons. The van der Waals surface area contributed by atoms with E-state index in [4.69, 9.17) is 0 Å². The average molecular weight is 176 g/mol. The molecule has 0 aromatic rings. The van der Waals surface area contributed by atoms with E-state index in [2.05, 4.69) is 0 Å². The Morgan fingerprint density at radius 2 is 2.00 bits per heavy atom. The van der Waals surface area contributed by atoms with Gasteiger partial charge in [0.05, 0.1) is 5.75 Å². The molecular weight excluding hydrogens is 164 g/mol. The predicted molar refractivity (Wildman–Crippen MR) is 41.8 cm³/mol. The summed E-state index contributed by atoms with van der Waals surface area (Å²) in [6.07, 6.45) is 2.04. The molecule has 0 atom stereocenters. The molecule has 64 valence electrons. The van der Waals surface area contributed by atoms with E-state index in [0.29, 0.717) is 0 Å². The van der Waals surface area contributed by atoms with E-state index in [1.807, 2.05) is 0 Å². The zero-order valence-corrected chi connectivity index (χ0v) is 7.36. The smallest absolute Gasteiger partial charge is 0.246 e. The van der Waals surface area contributed by atoms with Gasteiger partial charge in [0.25, 0.3) is 0 Å². The van der Waals surface area contributed by atoms with Crippen molar-refractivity contribution in [3.63, 3.8) is 0 Å². The summed E-state index contributed by atoms with van der Waals surface area (Å²) in [5, 5.41) is -0.607. The number of sulfone groups is 1. The molecule has 1 fully saturated rings. The highest BCUT2D eigenvalue weighted by Gasteiger charge is 2.31. The number of hydrogen-bond donors (Lipinski definition) is 0. The Bertz CT molecular complexity index is 249. The van der Waals surface area contributed by atoms with Gasteiger partial charge in [-0.1, -0.05) is 6.92 Å². The Hall–Kier alpha value is -0.380. The van der Waals surface area contributed by atoms with Crippen LogP contribution in [-0.2, 0) is 14.6 Å². The van der Waals surface area contributed by atoms with Gasteiger partial charge < -0.3 is 0 Å². The van der Waals surface area contributed by atoms with E-state index >= 15 is 0 Å². The van der Waals surface area contributed by atoms with Crippen LogP contribution in [0.25, 0.3) is 0 Å². The summed E-state index contributed by atoms with van der Waals surface area (Å²) in [5.74, 6) is 0.357. The number of carbonyl (C=O) groups is 1. The molecule has 0 spiro atoms. The van der Waals surface area contributed by atoms with Crippen LogP contribution in [0.1, 0.15) is 26.2 Å². The van der Waals surface area contributed by atoms with Gasteiger partial charge in [-0.15, -0.1) is 0 Å². The van der Waals surface area contributed by atoms with Crippen LogP contribution in [-0.4, -0.2) is 19.3 Å². The van der Waals surface area contributed by atoms with Crippen molar-refractivity contribution < 1.29 is 13.2 Å². The van der Waals surface area contributed by atoms with Gasteiger partial charge in [0.2, 0.25) is 15.0 Å². The molecule has 1 aliphatic carbocycles. The second-order valence-electron chi connectivity index (χ2n) is 2.95. The molecule has 0 saturated heterocycles. The third-order valence-corrected chi connectivity index (χ3v) is 3.68. The maximum Gasteiger partial charge on any atom is 0.246 e. The lowest BCUT2D eigenvalue weighted by molar-refractivity contribution is -0.111. The van der Waals surface area contributed by atoms with Crippen molar-refractivity contribution in [3.05, 3.63) is 0 Å². The van der Waals surface area contributed by atoms with Crippen molar-refractivity contribution in [3.8, 4) is 0 Å². The number of rotatable bonds is 3. The van der Waals surface area contributed by atoms with Crippen LogP contribution >= 0.6 is 0 Å². The van der Waals surface area contributed by atoms with Crippen molar-refractivity contribution in [2.24, 2.45) is 5.92 Å². The molecule has 0 aromatic heterocycles. The molecular formula is C7H12O3S. The van der Waals surface area contributed by atoms with Crippen LogP contribution in [0.4, 0.5) is 0 Å². The lowest BCUT2D eigenvalue weighted by Gasteiger charge is -1.97. The van der Waals surface area contributed by atoms with Gasteiger partial charge >= 0.3 is 0 Å². The van der Waals surface area contributed by atoms with Crippen molar-refractivity contribution in [2.45, 2.75) is 26.2 Å². The van der Waals surface area contributed by atoms with Crippen LogP contribution < -0.4 is 0 Å². The Kier molecular flexibility index (Phi) is 2.32. The first kappa shape index (κ1) is 8.71. The average Bonchev–Trinajstić information content (AvgIpc) is 2.69. The van der Waals surface area contributed by atoms with E-state index in [0.717, 1.165) is 12.8 Å². The quantitative estimate of drug-likeness (QED) is 0.637. The first-order chi connectivity index (χ1) is 5.06. The Morgan fingerprint density at radius 3 is 2.36 bits per heavy atom. The molecule has 0 bridgehead atoms. The fraction of sp³-hybridized carbons (Fsp3) is 0.857. The third-order valence-electron chi connectivity index (χ3n) is 1.79. The molecule has 1 saturated carbocycles. The lowest BCUT2D eigenvalue weighted by atomic mass is 10.5. The van der Waals surface area contributed by atoms with Gasteiger partial charge in [0.1, 0.15) is 0 Å². The molecule has 0 aromatic carbocycles. The van der Waals surface area contributed by atoms with E-state index in [9.17, 15) is 13.2 Å². The summed E-state index contributed by atoms with van der Waals surface area (Å²) in [6, 6.07) is 0. The van der Waals surface area contributed by atoms with Crippen LogP contribution in [0.2, 0.25) is 0 Å². The largest absolute Gasteiger partial charge is 0.282 e. The second-order valence-corrected chi connectivity index (χ2v) is 4.97. The summed E-state index contributed by atoms with van der Waals surface area (Å²) in [4.78, 5) is 10.8. The fourth-order valence-corrected chi connectivity index (χ4v) is 2.49. The summed E-state index contributed by atoms with van der Waals surface area (Å²) in [5.41, 5.74) is 0. The highest BCUT2D eigenvalue weighted by atomic mass is 32.2. The standard InChI is InChI=1S/C7H12O3S/c1-2-7(8)11(9,10)5-6-3-4-6/h6H,2-5H2,1H3. The SMILES string of the molecule is CCC(=O)S(=O)(=O)CC1CC1. The molecule has 11 heavy (non-hydrogen) atoms. The molecule has 3 nitrogen and oxygen atoms in total. The predicted octanol–water partition coefficient (Wildman–Crippen LogP) is 0.748. The maximum atomic E-state index is 11.1. The lowest BCUT2D eigenvalue weighted by Crippen LogP contribution is -2.18. The zero-order valence-electron chi connectivity index (χ0n) is 6.54. The first-order valence-corrected chi connectivity index (χ1v) is 5.47. The minimum Gasteiger partial charge on any atom is -0.282 e. The maximum absolute atomic E-state index is 11.1. The van der Waals surface area contributed by atoms with Gasteiger partial charge in [0.15, 0.2) is 0 Å². The van der Waals surface area contributed by atoms with E-state index in [1.54, 1.807) is 6.92 Å². The third kappa shape index (κ3) is 2.29. The molecule has 1 aliphatic rings. The minimum atomic E-state index is -3.39. The van der Waals surface area contributed by atoms with Gasteiger partial charge in [-0.05, 0) is 18.8 Å². The molecule has 0 N–H and O–H groups in total. The van der Waals surface area contributed by atoms with Crippen molar-refractivity contribution in [2.75, 3.05) is 5.75 Å². The summed E-state index contributed by atoms with van der Waals surface area (Å²) in [6.45, 7) is 1.58. The van der Waals surface area contributed by atoms with Crippen molar-refractivity contribution in [1.29, 1.82) is 0 Å². The second kappa shape index (κ2) is 2.93. The molecule has 0 amide bonds.